The fourth-order valence-corrected chi connectivity index (χ4v) is 5.05. The van der Waals surface area contributed by atoms with Gasteiger partial charge in [0.15, 0.2) is 0 Å². The van der Waals surface area contributed by atoms with Crippen molar-refractivity contribution in [1.29, 1.82) is 0 Å². The number of rotatable bonds is 13. The second-order valence-electron chi connectivity index (χ2n) is 13.3. The molecule has 3 amide bonds. The number of esters is 2. The number of hydrogen-bond acceptors (Lipinski definition) is 11. The number of benzene rings is 3. The molecule has 4 rings (SSSR count). The first-order valence-corrected chi connectivity index (χ1v) is 16.8. The van der Waals surface area contributed by atoms with E-state index in [1.807, 2.05) is 12.1 Å². The minimum atomic E-state index is -1.13. The Hall–Kier alpha value is -6.45. The van der Waals surface area contributed by atoms with Gasteiger partial charge in [-0.15, -0.1) is 0 Å². The summed E-state index contributed by atoms with van der Waals surface area (Å²) in [6, 6.07) is 15.5. The van der Waals surface area contributed by atoms with E-state index in [4.69, 9.17) is 18.9 Å². The van der Waals surface area contributed by atoms with Gasteiger partial charge in [0.05, 0.1) is 30.1 Å². The molecule has 16 nitrogen and oxygen atoms in total. The predicted molar refractivity (Wildman–Crippen MR) is 196 cm³/mol. The molecule has 4 aromatic rings. The molecule has 0 aliphatic heterocycles. The van der Waals surface area contributed by atoms with E-state index in [0.717, 1.165) is 10.1 Å². The maximum atomic E-state index is 13.5. The summed E-state index contributed by atoms with van der Waals surface area (Å²) >= 11 is 0. The van der Waals surface area contributed by atoms with E-state index in [0.29, 0.717) is 16.8 Å². The molecule has 54 heavy (non-hydrogen) atoms. The molecule has 0 aliphatic carbocycles. The Morgan fingerprint density at radius 1 is 0.796 bits per heavy atom. The second-order valence-corrected chi connectivity index (χ2v) is 13.3. The quantitative estimate of drug-likeness (QED) is 0.134. The van der Waals surface area contributed by atoms with E-state index < -0.39 is 65.6 Å². The van der Waals surface area contributed by atoms with Crippen LogP contribution in [0.3, 0.4) is 0 Å². The van der Waals surface area contributed by atoms with Gasteiger partial charge >= 0.3 is 23.7 Å². The average molecular weight is 746 g/mol. The Morgan fingerprint density at radius 3 is 2.06 bits per heavy atom. The van der Waals surface area contributed by atoms with Crippen LogP contribution in [-0.4, -0.2) is 70.6 Å². The zero-order chi connectivity index (χ0) is 39.7. The van der Waals surface area contributed by atoms with E-state index in [9.17, 15) is 33.6 Å². The molecule has 286 valence electrons. The Labute approximate surface area is 310 Å². The van der Waals surface area contributed by atoms with Crippen LogP contribution in [0.5, 0.6) is 5.75 Å². The van der Waals surface area contributed by atoms with Crippen molar-refractivity contribution in [1.82, 2.24) is 25.1 Å². The molecule has 3 aromatic carbocycles. The van der Waals surface area contributed by atoms with Crippen LogP contribution in [0, 0.1) is 0 Å². The molecule has 0 bridgehead atoms. The molecule has 16 heteroatoms. The lowest BCUT2D eigenvalue weighted by Crippen LogP contribution is -2.50. The maximum Gasteiger partial charge on any atom is 0.408 e. The lowest BCUT2D eigenvalue weighted by Gasteiger charge is -2.22. The minimum absolute atomic E-state index is 0.0993. The van der Waals surface area contributed by atoms with Crippen LogP contribution in [0.4, 0.5) is 4.79 Å². The third-order valence-electron chi connectivity index (χ3n) is 7.99. The van der Waals surface area contributed by atoms with Gasteiger partial charge in [0.25, 0.3) is 11.5 Å². The second kappa shape index (κ2) is 17.4. The van der Waals surface area contributed by atoms with Gasteiger partial charge in [-0.1, -0.05) is 24.3 Å². The monoisotopic (exact) mass is 745 g/mol. The maximum absolute atomic E-state index is 13.5. The largest absolute Gasteiger partial charge is 0.497 e. The van der Waals surface area contributed by atoms with Crippen LogP contribution in [0.25, 0.3) is 10.9 Å². The van der Waals surface area contributed by atoms with Crippen molar-refractivity contribution in [3.8, 4) is 5.75 Å². The van der Waals surface area contributed by atoms with Gasteiger partial charge in [0, 0.05) is 19.2 Å². The molecule has 1 heterocycles. The highest BCUT2D eigenvalue weighted by Crippen LogP contribution is 2.14. The number of aryl methyl sites for hydroxylation is 1. The molecule has 2 unspecified atom stereocenters. The number of fused-ring (bicyclic) bond motifs is 1. The predicted octanol–water partition coefficient (Wildman–Crippen LogP) is 2.76. The number of nitrogens with zero attached hydrogens (tertiary/aromatic N) is 2. The van der Waals surface area contributed by atoms with Gasteiger partial charge in [-0.25, -0.2) is 19.2 Å². The topological polar surface area (TPSA) is 202 Å². The minimum Gasteiger partial charge on any atom is -0.497 e. The van der Waals surface area contributed by atoms with Crippen LogP contribution < -0.4 is 31.9 Å². The summed E-state index contributed by atoms with van der Waals surface area (Å²) in [5, 5.41) is 7.75. The third kappa shape index (κ3) is 10.6. The number of hydrogen-bond donors (Lipinski definition) is 3. The summed E-state index contributed by atoms with van der Waals surface area (Å²) < 4.78 is 22.6. The van der Waals surface area contributed by atoms with Crippen molar-refractivity contribution in [2.45, 2.75) is 65.4 Å². The fraction of sp³-hybridized carbons (Fsp3) is 0.342. The number of nitrogens with one attached hydrogen (secondary N) is 3. The van der Waals surface area contributed by atoms with Gasteiger partial charge < -0.3 is 34.9 Å². The summed E-state index contributed by atoms with van der Waals surface area (Å²) in [6.07, 6.45) is -0.800. The van der Waals surface area contributed by atoms with Crippen molar-refractivity contribution in [3.05, 3.63) is 110 Å². The number of carbonyl (C=O) groups is 5. The summed E-state index contributed by atoms with van der Waals surface area (Å²) in [6.45, 7) is 7.17. The van der Waals surface area contributed by atoms with Crippen LogP contribution >= 0.6 is 0 Å². The van der Waals surface area contributed by atoms with Crippen LogP contribution in [-0.2, 0) is 43.9 Å². The number of methoxy groups -OCH3 is 1. The van der Waals surface area contributed by atoms with Crippen molar-refractivity contribution in [3.63, 3.8) is 0 Å². The SMILES string of the molecule is COc1ccc(CNC(=O)c2ccc3c(c2)c(=O)n(Cc2ccc(C(=O)OCOC(=O)C(C)NC(=O)C(C)NC(=O)OC(C)(C)C)cc2)c(=O)n3C)cc1. The van der Waals surface area contributed by atoms with E-state index in [2.05, 4.69) is 16.0 Å². The normalized spacial score (nSPS) is 12.2. The molecule has 0 fully saturated rings. The highest BCUT2D eigenvalue weighted by atomic mass is 16.7. The highest BCUT2D eigenvalue weighted by molar-refractivity contribution is 5.98. The van der Waals surface area contributed by atoms with Crippen molar-refractivity contribution >= 4 is 40.7 Å². The first kappa shape index (κ1) is 40.3. The highest BCUT2D eigenvalue weighted by Gasteiger charge is 2.25. The number of alkyl carbamates (subject to hydrolysis) is 1. The third-order valence-corrected chi connectivity index (χ3v) is 7.99. The van der Waals surface area contributed by atoms with Gasteiger partial charge in [-0.3, -0.25) is 23.5 Å². The number of carbonyl (C=O) groups excluding carboxylic acids is 5. The molecule has 2 atom stereocenters. The summed E-state index contributed by atoms with van der Waals surface area (Å²) in [5.41, 5.74) is 0.140. The number of amides is 3. The molecule has 3 N–H and O–H groups in total. The summed E-state index contributed by atoms with van der Waals surface area (Å²) in [4.78, 5) is 88.9. The number of ether oxygens (including phenoxy) is 4. The molecule has 1 aromatic heterocycles. The fourth-order valence-electron chi connectivity index (χ4n) is 5.05. The van der Waals surface area contributed by atoms with Crippen LogP contribution in [0.15, 0.2) is 76.3 Å². The zero-order valence-electron chi connectivity index (χ0n) is 31.0. The smallest absolute Gasteiger partial charge is 0.408 e. The Kier molecular flexibility index (Phi) is 13.0. The van der Waals surface area contributed by atoms with E-state index in [1.54, 1.807) is 52.1 Å². The van der Waals surface area contributed by atoms with E-state index >= 15 is 0 Å². The van der Waals surface area contributed by atoms with Crippen LogP contribution in [0.2, 0.25) is 0 Å². The standard InChI is InChI=1S/C38H43N5O11/c1-22(41-36(49)54-38(3,4)5)31(44)40-23(2)34(47)52-21-53-35(48)26-12-8-25(9-13-26)20-43-33(46)29-18-27(14-17-30(29)42(6)37(43)50)32(45)39-19-24-10-15-28(51-7)16-11-24/h8-18,22-23H,19-21H2,1-7H3,(H,39,45)(H,40,44)(H,41,49). The first-order valence-electron chi connectivity index (χ1n) is 16.8. The summed E-state index contributed by atoms with van der Waals surface area (Å²) in [7, 11) is 3.09. The Balaban J connectivity index is 1.33. The average Bonchev–Trinajstić information content (AvgIpc) is 3.13. The molecular weight excluding hydrogens is 702 g/mol. The lowest BCUT2D eigenvalue weighted by molar-refractivity contribution is -0.155. The number of aromatic nitrogens is 2. The van der Waals surface area contributed by atoms with Crippen molar-refractivity contribution < 1.29 is 42.9 Å². The zero-order valence-corrected chi connectivity index (χ0v) is 31.0. The van der Waals surface area contributed by atoms with Gasteiger partial charge in [-0.05, 0) is 88.2 Å². The van der Waals surface area contributed by atoms with Crippen molar-refractivity contribution in [2.75, 3.05) is 13.9 Å². The molecule has 0 spiro atoms. The molecule has 0 radical (unpaired) electrons. The Bertz CT molecular complexity index is 2150. The van der Waals surface area contributed by atoms with E-state index in [-0.39, 0.29) is 29.6 Å². The summed E-state index contributed by atoms with van der Waals surface area (Å²) in [5.74, 6) is -2.08. The van der Waals surface area contributed by atoms with Gasteiger partial charge in [0.1, 0.15) is 23.4 Å². The molecular formula is C38H43N5O11. The molecule has 0 aliphatic rings. The Morgan fingerprint density at radius 2 is 1.43 bits per heavy atom. The van der Waals surface area contributed by atoms with Gasteiger partial charge in [0.2, 0.25) is 12.7 Å². The van der Waals surface area contributed by atoms with Crippen LogP contribution in [0.1, 0.15) is 66.5 Å². The van der Waals surface area contributed by atoms with Gasteiger partial charge in [-0.2, -0.15) is 0 Å². The van der Waals surface area contributed by atoms with E-state index in [1.165, 1.54) is 55.8 Å². The molecule has 0 saturated carbocycles. The first-order chi connectivity index (χ1) is 25.5. The van der Waals surface area contributed by atoms with Crippen molar-refractivity contribution in [2.24, 2.45) is 7.05 Å². The lowest BCUT2D eigenvalue weighted by atomic mass is 10.1. The molecule has 0 saturated heterocycles.